The lowest BCUT2D eigenvalue weighted by atomic mass is 10.1. The SMILES string of the molecule is CCCCCCCCOC(=O)Nc1ccc(O)cc1. The third kappa shape index (κ3) is 7.34. The van der Waals surface area contributed by atoms with Gasteiger partial charge in [0.15, 0.2) is 0 Å². The van der Waals surface area contributed by atoms with Crippen LogP contribution in [-0.4, -0.2) is 17.8 Å². The van der Waals surface area contributed by atoms with E-state index in [1.807, 2.05) is 0 Å². The molecule has 0 atom stereocenters. The Bertz CT molecular complexity index is 362. The Morgan fingerprint density at radius 1 is 1.11 bits per heavy atom. The highest BCUT2D eigenvalue weighted by Crippen LogP contribution is 2.13. The van der Waals surface area contributed by atoms with Crippen LogP contribution in [0.4, 0.5) is 10.5 Å². The molecule has 1 amide bonds. The highest BCUT2D eigenvalue weighted by atomic mass is 16.5. The zero-order valence-electron chi connectivity index (χ0n) is 11.5. The summed E-state index contributed by atoms with van der Waals surface area (Å²) in [5, 5.41) is 11.7. The summed E-state index contributed by atoms with van der Waals surface area (Å²) in [6.07, 6.45) is 6.55. The van der Waals surface area contributed by atoms with Gasteiger partial charge in [-0.25, -0.2) is 4.79 Å². The first-order valence-electron chi connectivity index (χ1n) is 6.95. The second-order valence-corrected chi connectivity index (χ2v) is 4.58. The maximum absolute atomic E-state index is 11.4. The molecule has 0 fully saturated rings. The summed E-state index contributed by atoms with van der Waals surface area (Å²) in [5.74, 6) is 0.172. The van der Waals surface area contributed by atoms with Crippen LogP contribution in [0.25, 0.3) is 0 Å². The second-order valence-electron chi connectivity index (χ2n) is 4.58. The molecule has 0 saturated heterocycles. The van der Waals surface area contributed by atoms with E-state index in [9.17, 15) is 4.79 Å². The number of phenols is 1. The van der Waals surface area contributed by atoms with E-state index < -0.39 is 6.09 Å². The topological polar surface area (TPSA) is 58.6 Å². The first kappa shape index (κ1) is 15.3. The second kappa shape index (κ2) is 9.25. The molecule has 0 saturated carbocycles. The zero-order chi connectivity index (χ0) is 13.9. The minimum Gasteiger partial charge on any atom is -0.508 e. The van der Waals surface area contributed by atoms with E-state index in [1.54, 1.807) is 12.1 Å². The Morgan fingerprint density at radius 2 is 1.74 bits per heavy atom. The molecule has 0 aliphatic rings. The number of hydrogen-bond donors (Lipinski definition) is 2. The van der Waals surface area contributed by atoms with Crippen LogP contribution in [0.5, 0.6) is 5.75 Å². The predicted octanol–water partition coefficient (Wildman–Crippen LogP) is 4.30. The van der Waals surface area contributed by atoms with Gasteiger partial charge in [0.2, 0.25) is 0 Å². The van der Waals surface area contributed by atoms with Crippen LogP contribution in [0.3, 0.4) is 0 Å². The van der Waals surface area contributed by atoms with Crippen LogP contribution in [0, 0.1) is 0 Å². The van der Waals surface area contributed by atoms with E-state index in [1.165, 1.54) is 37.8 Å². The molecule has 19 heavy (non-hydrogen) atoms. The van der Waals surface area contributed by atoms with Crippen molar-refractivity contribution in [3.05, 3.63) is 24.3 Å². The standard InChI is InChI=1S/C15H23NO3/c1-2-3-4-5-6-7-12-19-15(18)16-13-8-10-14(17)11-9-13/h8-11,17H,2-7,12H2,1H3,(H,16,18). The lowest BCUT2D eigenvalue weighted by molar-refractivity contribution is 0.159. The molecular formula is C15H23NO3. The van der Waals surface area contributed by atoms with Gasteiger partial charge in [-0.05, 0) is 30.7 Å². The number of hydrogen-bond acceptors (Lipinski definition) is 3. The molecular weight excluding hydrogens is 242 g/mol. The molecule has 0 radical (unpaired) electrons. The molecule has 0 heterocycles. The molecule has 1 aromatic rings. The highest BCUT2D eigenvalue weighted by molar-refractivity contribution is 5.84. The van der Waals surface area contributed by atoms with E-state index in [-0.39, 0.29) is 5.75 Å². The van der Waals surface area contributed by atoms with Gasteiger partial charge in [0.25, 0.3) is 0 Å². The monoisotopic (exact) mass is 265 g/mol. The first-order chi connectivity index (χ1) is 9.22. The molecule has 1 rings (SSSR count). The van der Waals surface area contributed by atoms with E-state index >= 15 is 0 Å². The quantitative estimate of drug-likeness (QED) is 0.544. The van der Waals surface area contributed by atoms with Gasteiger partial charge in [-0.1, -0.05) is 39.0 Å². The van der Waals surface area contributed by atoms with Gasteiger partial charge >= 0.3 is 6.09 Å². The van der Waals surface area contributed by atoms with Crippen molar-refractivity contribution in [2.75, 3.05) is 11.9 Å². The van der Waals surface area contributed by atoms with Crippen LogP contribution in [0.15, 0.2) is 24.3 Å². The minimum atomic E-state index is -0.445. The van der Waals surface area contributed by atoms with Gasteiger partial charge in [0.05, 0.1) is 6.61 Å². The third-order valence-corrected chi connectivity index (χ3v) is 2.84. The van der Waals surface area contributed by atoms with Gasteiger partial charge < -0.3 is 9.84 Å². The number of carbonyl (C=O) groups is 1. The van der Waals surface area contributed by atoms with Crippen molar-refractivity contribution in [2.24, 2.45) is 0 Å². The molecule has 0 aromatic heterocycles. The van der Waals surface area contributed by atoms with Crippen molar-refractivity contribution >= 4 is 11.8 Å². The lowest BCUT2D eigenvalue weighted by Gasteiger charge is -2.07. The fraction of sp³-hybridized carbons (Fsp3) is 0.533. The summed E-state index contributed by atoms with van der Waals surface area (Å²) >= 11 is 0. The fourth-order valence-corrected chi connectivity index (χ4v) is 1.75. The van der Waals surface area contributed by atoms with Crippen molar-refractivity contribution in [1.29, 1.82) is 0 Å². The number of amides is 1. The Kier molecular flexibility index (Phi) is 7.47. The smallest absolute Gasteiger partial charge is 0.411 e. The van der Waals surface area contributed by atoms with Crippen LogP contribution >= 0.6 is 0 Å². The molecule has 0 aliphatic heterocycles. The van der Waals surface area contributed by atoms with Gasteiger partial charge in [-0.2, -0.15) is 0 Å². The summed E-state index contributed by atoms with van der Waals surface area (Å²) in [6.45, 7) is 2.65. The number of rotatable bonds is 8. The van der Waals surface area contributed by atoms with E-state index in [0.29, 0.717) is 12.3 Å². The molecule has 2 N–H and O–H groups in total. The number of anilines is 1. The van der Waals surface area contributed by atoms with Crippen molar-refractivity contribution < 1.29 is 14.6 Å². The average Bonchev–Trinajstić information content (AvgIpc) is 2.40. The minimum absolute atomic E-state index is 0.172. The Hall–Kier alpha value is -1.71. The lowest BCUT2D eigenvalue weighted by Crippen LogP contribution is -2.14. The largest absolute Gasteiger partial charge is 0.508 e. The van der Waals surface area contributed by atoms with E-state index in [4.69, 9.17) is 9.84 Å². The number of ether oxygens (including phenoxy) is 1. The molecule has 0 spiro atoms. The summed E-state index contributed by atoms with van der Waals surface area (Å²) in [6, 6.07) is 6.29. The molecule has 4 heteroatoms. The van der Waals surface area contributed by atoms with Gasteiger partial charge in [-0.15, -0.1) is 0 Å². The zero-order valence-corrected chi connectivity index (χ0v) is 11.5. The molecule has 0 aliphatic carbocycles. The van der Waals surface area contributed by atoms with Gasteiger partial charge in [0, 0.05) is 5.69 Å². The van der Waals surface area contributed by atoms with E-state index in [2.05, 4.69) is 12.2 Å². The summed E-state index contributed by atoms with van der Waals surface area (Å²) < 4.78 is 5.07. The van der Waals surface area contributed by atoms with Gasteiger partial charge in [0.1, 0.15) is 5.75 Å². The summed E-state index contributed by atoms with van der Waals surface area (Å²) in [7, 11) is 0. The predicted molar refractivity (Wildman–Crippen MR) is 76.5 cm³/mol. The first-order valence-corrected chi connectivity index (χ1v) is 6.95. The Morgan fingerprint density at radius 3 is 2.42 bits per heavy atom. The normalized spacial score (nSPS) is 10.2. The number of aromatic hydroxyl groups is 1. The molecule has 1 aromatic carbocycles. The third-order valence-electron chi connectivity index (χ3n) is 2.84. The van der Waals surface area contributed by atoms with Crippen molar-refractivity contribution in [3.8, 4) is 5.75 Å². The van der Waals surface area contributed by atoms with Crippen molar-refractivity contribution in [2.45, 2.75) is 45.4 Å². The van der Waals surface area contributed by atoms with Gasteiger partial charge in [-0.3, -0.25) is 5.32 Å². The number of nitrogens with one attached hydrogen (secondary N) is 1. The number of unbranched alkanes of at least 4 members (excludes halogenated alkanes) is 5. The highest BCUT2D eigenvalue weighted by Gasteiger charge is 2.02. The van der Waals surface area contributed by atoms with Crippen molar-refractivity contribution in [1.82, 2.24) is 0 Å². The number of benzene rings is 1. The maximum Gasteiger partial charge on any atom is 0.411 e. The molecule has 4 nitrogen and oxygen atoms in total. The fourth-order valence-electron chi connectivity index (χ4n) is 1.75. The maximum atomic E-state index is 11.4. The van der Waals surface area contributed by atoms with E-state index in [0.717, 1.165) is 12.8 Å². The molecule has 106 valence electrons. The molecule has 0 unspecified atom stereocenters. The number of phenolic OH excluding ortho intramolecular Hbond substituents is 1. The van der Waals surface area contributed by atoms with Crippen LogP contribution in [0.2, 0.25) is 0 Å². The summed E-state index contributed by atoms with van der Waals surface area (Å²) in [4.78, 5) is 11.4. The van der Waals surface area contributed by atoms with Crippen LogP contribution < -0.4 is 5.32 Å². The summed E-state index contributed by atoms with van der Waals surface area (Å²) in [5.41, 5.74) is 0.616. The Balaban J connectivity index is 2.06. The number of carbonyl (C=O) groups excluding carboxylic acids is 1. The van der Waals surface area contributed by atoms with Crippen molar-refractivity contribution in [3.63, 3.8) is 0 Å². The average molecular weight is 265 g/mol. The van der Waals surface area contributed by atoms with Crippen LogP contribution in [-0.2, 0) is 4.74 Å². The van der Waals surface area contributed by atoms with Crippen LogP contribution in [0.1, 0.15) is 45.4 Å². The Labute approximate surface area is 114 Å². The molecule has 0 bridgehead atoms.